The Bertz CT molecular complexity index is 613. The molecular formula is C11H10F2O7S. The molecule has 0 unspecified atom stereocenters. The van der Waals surface area contributed by atoms with Gasteiger partial charge in [0, 0.05) is 0 Å². The molecule has 0 radical (unpaired) electrons. The summed E-state index contributed by atoms with van der Waals surface area (Å²) in [5.41, 5.74) is 0.612. The molecule has 0 amide bonds. The summed E-state index contributed by atoms with van der Waals surface area (Å²) < 4.78 is 62.5. The maximum Gasteiger partial charge on any atom is 0.465 e. The number of halogens is 2. The first-order chi connectivity index (χ1) is 9.64. The zero-order chi connectivity index (χ0) is 16.1. The molecule has 10 heteroatoms. The van der Waals surface area contributed by atoms with Crippen LogP contribution < -0.4 is 0 Å². The normalized spacial score (nSPS) is 11.8. The van der Waals surface area contributed by atoms with E-state index >= 15 is 0 Å². The van der Waals surface area contributed by atoms with Gasteiger partial charge in [0.15, 0.2) is 6.61 Å². The topological polar surface area (TPSA) is 107 Å². The van der Waals surface area contributed by atoms with E-state index in [1.54, 1.807) is 30.3 Å². The van der Waals surface area contributed by atoms with E-state index in [2.05, 4.69) is 9.47 Å². The Balaban J connectivity index is 2.45. The molecule has 7 nitrogen and oxygen atoms in total. The van der Waals surface area contributed by atoms with Gasteiger partial charge >= 0.3 is 27.3 Å². The number of hydrogen-bond donors (Lipinski definition) is 1. The fourth-order valence-electron chi connectivity index (χ4n) is 1.09. The summed E-state index contributed by atoms with van der Waals surface area (Å²) in [4.78, 5) is 21.9. The van der Waals surface area contributed by atoms with E-state index in [1.165, 1.54) is 0 Å². The van der Waals surface area contributed by atoms with Crippen molar-refractivity contribution in [2.45, 2.75) is 11.9 Å². The summed E-state index contributed by atoms with van der Waals surface area (Å²) in [5.74, 6) is -3.72. The standard InChI is InChI=1S/C11H10F2O7S/c12-11(13,21(16,17)18)10(15)20-7-9(14)19-6-8-4-2-1-3-5-8/h1-5H,6-7H2,(H,16,17,18). The fourth-order valence-corrected chi connectivity index (χ4v) is 1.36. The summed E-state index contributed by atoms with van der Waals surface area (Å²) in [6, 6.07) is 8.34. The lowest BCUT2D eigenvalue weighted by atomic mass is 10.2. The summed E-state index contributed by atoms with van der Waals surface area (Å²) in [6.45, 7) is -1.39. The Kier molecular flexibility index (Phi) is 5.33. The Labute approximate surface area is 118 Å². The first-order valence-electron chi connectivity index (χ1n) is 5.36. The van der Waals surface area contributed by atoms with Crippen molar-refractivity contribution in [1.29, 1.82) is 0 Å². The van der Waals surface area contributed by atoms with Crippen LogP contribution in [-0.2, 0) is 35.8 Å². The second-order valence-corrected chi connectivity index (χ2v) is 5.18. The Morgan fingerprint density at radius 2 is 1.71 bits per heavy atom. The molecular weight excluding hydrogens is 314 g/mol. The smallest absolute Gasteiger partial charge is 0.458 e. The number of carbonyl (C=O) groups excluding carboxylic acids is 2. The van der Waals surface area contributed by atoms with E-state index in [4.69, 9.17) is 4.55 Å². The maximum atomic E-state index is 12.8. The van der Waals surface area contributed by atoms with Gasteiger partial charge in [0.05, 0.1) is 0 Å². The van der Waals surface area contributed by atoms with Crippen LogP contribution in [0, 0.1) is 0 Å². The zero-order valence-corrected chi connectivity index (χ0v) is 11.2. The maximum absolute atomic E-state index is 12.8. The Hall–Kier alpha value is -2.07. The van der Waals surface area contributed by atoms with E-state index in [-0.39, 0.29) is 6.61 Å². The van der Waals surface area contributed by atoms with E-state index in [0.29, 0.717) is 5.56 Å². The molecule has 1 rings (SSSR count). The fraction of sp³-hybridized carbons (Fsp3) is 0.273. The first-order valence-corrected chi connectivity index (χ1v) is 6.80. The second-order valence-electron chi connectivity index (χ2n) is 3.71. The van der Waals surface area contributed by atoms with Crippen molar-refractivity contribution in [2.75, 3.05) is 6.61 Å². The molecule has 1 aromatic rings. The van der Waals surface area contributed by atoms with Gasteiger partial charge in [-0.25, -0.2) is 9.59 Å². The first kappa shape index (κ1) is 17.0. The van der Waals surface area contributed by atoms with Crippen LogP contribution in [0.25, 0.3) is 0 Å². The highest BCUT2D eigenvalue weighted by Crippen LogP contribution is 2.22. The lowest BCUT2D eigenvalue weighted by Crippen LogP contribution is -2.39. The lowest BCUT2D eigenvalue weighted by molar-refractivity contribution is -0.170. The molecule has 0 atom stereocenters. The molecule has 0 aliphatic heterocycles. The summed E-state index contributed by atoms with van der Waals surface area (Å²) in [5, 5.41) is -5.15. The molecule has 0 saturated heterocycles. The number of alkyl halides is 2. The number of esters is 2. The minimum absolute atomic E-state index is 0.175. The largest absolute Gasteiger partial charge is 0.465 e. The summed E-state index contributed by atoms with van der Waals surface area (Å²) >= 11 is 0. The predicted molar refractivity (Wildman–Crippen MR) is 63.7 cm³/mol. The third kappa shape index (κ3) is 4.76. The molecule has 0 spiro atoms. The third-order valence-electron chi connectivity index (χ3n) is 2.13. The molecule has 0 heterocycles. The van der Waals surface area contributed by atoms with Crippen molar-refractivity contribution in [2.24, 2.45) is 0 Å². The molecule has 0 aliphatic carbocycles. The van der Waals surface area contributed by atoms with Crippen molar-refractivity contribution in [3.05, 3.63) is 35.9 Å². The third-order valence-corrected chi connectivity index (χ3v) is 2.94. The number of rotatable bonds is 6. The van der Waals surface area contributed by atoms with Crippen molar-refractivity contribution in [3.8, 4) is 0 Å². The SMILES string of the molecule is O=C(COC(=O)C(F)(F)S(=O)(=O)O)OCc1ccccc1. The molecule has 0 saturated carbocycles. The lowest BCUT2D eigenvalue weighted by Gasteiger charge is -2.11. The molecule has 0 aliphatic rings. The molecule has 0 bridgehead atoms. The number of hydrogen-bond acceptors (Lipinski definition) is 6. The minimum Gasteiger partial charge on any atom is -0.458 e. The monoisotopic (exact) mass is 324 g/mol. The highest BCUT2D eigenvalue weighted by molar-refractivity contribution is 7.87. The molecule has 1 aromatic carbocycles. The van der Waals surface area contributed by atoms with Gasteiger partial charge in [-0.2, -0.15) is 17.2 Å². The van der Waals surface area contributed by atoms with Crippen LogP contribution in [0.5, 0.6) is 0 Å². The van der Waals surface area contributed by atoms with E-state index in [0.717, 1.165) is 0 Å². The van der Waals surface area contributed by atoms with Crippen LogP contribution in [0.15, 0.2) is 30.3 Å². The number of benzene rings is 1. The molecule has 21 heavy (non-hydrogen) atoms. The van der Waals surface area contributed by atoms with Gasteiger partial charge in [-0.3, -0.25) is 4.55 Å². The van der Waals surface area contributed by atoms with Gasteiger partial charge in [0.25, 0.3) is 0 Å². The van der Waals surface area contributed by atoms with Crippen molar-refractivity contribution in [1.82, 2.24) is 0 Å². The van der Waals surface area contributed by atoms with Gasteiger partial charge < -0.3 is 9.47 Å². The van der Waals surface area contributed by atoms with Crippen molar-refractivity contribution < 1.29 is 40.8 Å². The molecule has 1 N–H and O–H groups in total. The van der Waals surface area contributed by atoms with Gasteiger partial charge in [-0.1, -0.05) is 30.3 Å². The molecule has 0 fully saturated rings. The zero-order valence-electron chi connectivity index (χ0n) is 10.4. The Morgan fingerprint density at radius 3 is 2.24 bits per heavy atom. The van der Waals surface area contributed by atoms with Crippen LogP contribution in [0.3, 0.4) is 0 Å². The van der Waals surface area contributed by atoms with Crippen LogP contribution in [0.1, 0.15) is 5.56 Å². The van der Waals surface area contributed by atoms with Gasteiger partial charge in [-0.05, 0) is 5.56 Å². The highest BCUT2D eigenvalue weighted by Gasteiger charge is 2.54. The quantitative estimate of drug-likeness (QED) is 0.608. The Morgan fingerprint density at radius 1 is 1.14 bits per heavy atom. The second kappa shape index (κ2) is 6.59. The average Bonchev–Trinajstić information content (AvgIpc) is 2.42. The van der Waals surface area contributed by atoms with Crippen LogP contribution in [0.2, 0.25) is 0 Å². The number of carbonyl (C=O) groups is 2. The van der Waals surface area contributed by atoms with Crippen molar-refractivity contribution in [3.63, 3.8) is 0 Å². The van der Waals surface area contributed by atoms with E-state index in [9.17, 15) is 26.8 Å². The van der Waals surface area contributed by atoms with E-state index in [1.807, 2.05) is 0 Å². The van der Waals surface area contributed by atoms with Crippen LogP contribution in [-0.4, -0.2) is 36.8 Å². The molecule has 0 aromatic heterocycles. The number of ether oxygens (including phenoxy) is 2. The van der Waals surface area contributed by atoms with Crippen LogP contribution >= 0.6 is 0 Å². The summed E-state index contributed by atoms with van der Waals surface area (Å²) in [7, 11) is -5.96. The highest BCUT2D eigenvalue weighted by atomic mass is 32.2. The average molecular weight is 324 g/mol. The van der Waals surface area contributed by atoms with Gasteiger partial charge in [0.1, 0.15) is 6.61 Å². The summed E-state index contributed by atoms with van der Waals surface area (Å²) in [6.07, 6.45) is 0. The minimum atomic E-state index is -5.96. The predicted octanol–water partition coefficient (Wildman–Crippen LogP) is 0.754. The molecule has 116 valence electrons. The van der Waals surface area contributed by atoms with Crippen molar-refractivity contribution >= 4 is 22.1 Å². The van der Waals surface area contributed by atoms with Gasteiger partial charge in [0.2, 0.25) is 0 Å². The van der Waals surface area contributed by atoms with E-state index < -0.39 is 33.9 Å². The van der Waals surface area contributed by atoms with Crippen LogP contribution in [0.4, 0.5) is 8.78 Å². The van der Waals surface area contributed by atoms with Gasteiger partial charge in [-0.15, -0.1) is 0 Å².